The molecule has 24 heavy (non-hydrogen) atoms. The van der Waals surface area contributed by atoms with Gasteiger partial charge in [-0.05, 0) is 30.9 Å². The van der Waals surface area contributed by atoms with E-state index in [-0.39, 0.29) is 18.2 Å². The van der Waals surface area contributed by atoms with E-state index in [1.807, 2.05) is 23.1 Å². The number of amides is 2. The van der Waals surface area contributed by atoms with E-state index < -0.39 is 0 Å². The summed E-state index contributed by atoms with van der Waals surface area (Å²) in [5.41, 5.74) is 1.22. The predicted molar refractivity (Wildman–Crippen MR) is 92.8 cm³/mol. The average molecular weight is 329 g/mol. The summed E-state index contributed by atoms with van der Waals surface area (Å²) < 4.78 is 5.93. The first-order valence-corrected chi connectivity index (χ1v) is 9.17. The van der Waals surface area contributed by atoms with Crippen LogP contribution in [0, 0.1) is 5.92 Å². The minimum atomic E-state index is 0.0362. The molecule has 0 bridgehead atoms. The van der Waals surface area contributed by atoms with Crippen LogP contribution in [0.25, 0.3) is 0 Å². The number of ether oxygens (including phenoxy) is 1. The number of benzene rings is 1. The Kier molecular flexibility index (Phi) is 4.46. The summed E-state index contributed by atoms with van der Waals surface area (Å²) in [4.78, 5) is 17.0. The Morgan fingerprint density at radius 1 is 1.29 bits per heavy atom. The van der Waals surface area contributed by atoms with Gasteiger partial charge in [0.05, 0.1) is 18.8 Å². The van der Waals surface area contributed by atoms with Crippen molar-refractivity contribution in [2.24, 2.45) is 5.92 Å². The lowest BCUT2D eigenvalue weighted by atomic mass is 9.85. The van der Waals surface area contributed by atoms with Gasteiger partial charge in [0.1, 0.15) is 0 Å². The molecule has 3 heterocycles. The summed E-state index contributed by atoms with van der Waals surface area (Å²) in [6, 6.07) is 11.2. The molecule has 3 aliphatic rings. The zero-order chi connectivity index (χ0) is 16.5. The van der Waals surface area contributed by atoms with Crippen molar-refractivity contribution in [3.63, 3.8) is 0 Å². The van der Waals surface area contributed by atoms with Crippen LogP contribution in [0.1, 0.15) is 31.4 Å². The van der Waals surface area contributed by atoms with Gasteiger partial charge in [-0.15, -0.1) is 0 Å². The van der Waals surface area contributed by atoms with Gasteiger partial charge >= 0.3 is 6.03 Å². The van der Waals surface area contributed by atoms with Crippen LogP contribution in [-0.4, -0.2) is 60.8 Å². The largest absolute Gasteiger partial charge is 0.373 e. The standard InChI is InChI=1S/C19H27N3O2/c1-14-11-22(18(14)15-6-3-2-4-7-15)19(23)20-10-17-12-21-9-5-8-16(21)13-24-17/h2-4,6-7,14,16-18H,5,8-13H2,1H3,(H,20,23)/t14-,16-,17-,18+/m1/s1. The SMILES string of the molecule is C[C@@H]1CN(C(=O)NC[C@@H]2CN3CCC[C@@H]3CO2)[C@@H]1c1ccccc1. The maximum atomic E-state index is 12.6. The maximum Gasteiger partial charge on any atom is 0.318 e. The number of carbonyl (C=O) groups excluding carboxylic acids is 1. The Labute approximate surface area is 144 Å². The molecule has 4 atom stereocenters. The summed E-state index contributed by atoms with van der Waals surface area (Å²) in [7, 11) is 0. The van der Waals surface area contributed by atoms with Gasteiger partial charge in [-0.2, -0.15) is 0 Å². The molecule has 0 unspecified atom stereocenters. The number of likely N-dealkylation sites (tertiary alicyclic amines) is 1. The molecule has 1 N–H and O–H groups in total. The van der Waals surface area contributed by atoms with Crippen molar-refractivity contribution in [2.45, 2.75) is 38.0 Å². The highest BCUT2D eigenvalue weighted by Crippen LogP contribution is 2.38. The van der Waals surface area contributed by atoms with Crippen molar-refractivity contribution in [3.05, 3.63) is 35.9 Å². The summed E-state index contributed by atoms with van der Waals surface area (Å²) in [6.45, 7) is 6.58. The third-order valence-corrected chi connectivity index (χ3v) is 5.70. The van der Waals surface area contributed by atoms with Crippen molar-refractivity contribution in [1.29, 1.82) is 0 Å². The smallest absolute Gasteiger partial charge is 0.318 e. The molecule has 3 aliphatic heterocycles. The second-order valence-electron chi connectivity index (χ2n) is 7.42. The Hall–Kier alpha value is -1.59. The van der Waals surface area contributed by atoms with Gasteiger partial charge in [0.15, 0.2) is 0 Å². The van der Waals surface area contributed by atoms with Gasteiger partial charge in [-0.25, -0.2) is 4.79 Å². The molecular formula is C19H27N3O2. The molecule has 0 aromatic heterocycles. The molecule has 4 rings (SSSR count). The van der Waals surface area contributed by atoms with Crippen LogP contribution in [0.5, 0.6) is 0 Å². The Morgan fingerprint density at radius 2 is 2.12 bits per heavy atom. The van der Waals surface area contributed by atoms with E-state index in [2.05, 4.69) is 29.3 Å². The highest BCUT2D eigenvalue weighted by molar-refractivity contribution is 5.76. The molecule has 0 aliphatic carbocycles. The van der Waals surface area contributed by atoms with Crippen molar-refractivity contribution >= 4 is 6.03 Å². The van der Waals surface area contributed by atoms with Gasteiger partial charge in [-0.1, -0.05) is 37.3 Å². The number of hydrogen-bond acceptors (Lipinski definition) is 3. The summed E-state index contributed by atoms with van der Waals surface area (Å²) in [5, 5.41) is 3.09. The second-order valence-corrected chi connectivity index (χ2v) is 7.42. The highest BCUT2D eigenvalue weighted by Gasteiger charge is 2.40. The number of fused-ring (bicyclic) bond motifs is 1. The zero-order valence-corrected chi connectivity index (χ0v) is 14.4. The first-order valence-electron chi connectivity index (χ1n) is 9.17. The number of nitrogens with zero attached hydrogens (tertiary/aromatic N) is 2. The molecule has 0 spiro atoms. The maximum absolute atomic E-state index is 12.6. The molecule has 130 valence electrons. The lowest BCUT2D eigenvalue weighted by Gasteiger charge is -2.47. The molecule has 5 heteroatoms. The molecule has 1 aromatic carbocycles. The Bertz CT molecular complexity index is 579. The van der Waals surface area contributed by atoms with Gasteiger partial charge in [0.25, 0.3) is 0 Å². The first-order chi connectivity index (χ1) is 11.7. The number of urea groups is 1. The molecule has 3 saturated heterocycles. The van der Waals surface area contributed by atoms with E-state index in [0.29, 0.717) is 18.5 Å². The van der Waals surface area contributed by atoms with E-state index in [9.17, 15) is 4.79 Å². The normalized spacial score (nSPS) is 33.0. The fraction of sp³-hybridized carbons (Fsp3) is 0.632. The van der Waals surface area contributed by atoms with E-state index in [0.717, 1.165) is 19.7 Å². The Morgan fingerprint density at radius 3 is 2.92 bits per heavy atom. The minimum absolute atomic E-state index is 0.0362. The zero-order valence-electron chi connectivity index (χ0n) is 14.4. The predicted octanol–water partition coefficient (Wildman–Crippen LogP) is 2.25. The van der Waals surface area contributed by atoms with E-state index in [1.54, 1.807) is 0 Å². The fourth-order valence-corrected chi connectivity index (χ4v) is 4.37. The number of rotatable bonds is 3. The lowest BCUT2D eigenvalue weighted by molar-refractivity contribution is -0.0469. The molecular weight excluding hydrogens is 302 g/mol. The molecule has 2 amide bonds. The van der Waals surface area contributed by atoms with Crippen LogP contribution in [0.3, 0.4) is 0 Å². The first kappa shape index (κ1) is 15.9. The fourth-order valence-electron chi connectivity index (χ4n) is 4.37. The summed E-state index contributed by atoms with van der Waals surface area (Å²) in [5.74, 6) is 0.509. The van der Waals surface area contributed by atoms with E-state index >= 15 is 0 Å². The van der Waals surface area contributed by atoms with Gasteiger partial charge in [0.2, 0.25) is 0 Å². The third-order valence-electron chi connectivity index (χ3n) is 5.70. The number of nitrogens with one attached hydrogen (secondary N) is 1. The topological polar surface area (TPSA) is 44.8 Å². The monoisotopic (exact) mass is 329 g/mol. The van der Waals surface area contributed by atoms with Crippen LogP contribution in [-0.2, 0) is 4.74 Å². The number of morpholine rings is 1. The average Bonchev–Trinajstić information content (AvgIpc) is 3.06. The second kappa shape index (κ2) is 6.73. The van der Waals surface area contributed by atoms with Crippen LogP contribution in [0.2, 0.25) is 0 Å². The summed E-state index contributed by atoms with van der Waals surface area (Å²) in [6.07, 6.45) is 2.65. The quantitative estimate of drug-likeness (QED) is 0.925. The number of hydrogen-bond donors (Lipinski definition) is 1. The van der Waals surface area contributed by atoms with E-state index in [1.165, 1.54) is 24.9 Å². The third kappa shape index (κ3) is 3.03. The van der Waals surface area contributed by atoms with Gasteiger partial charge in [0, 0.05) is 25.7 Å². The molecule has 5 nitrogen and oxygen atoms in total. The highest BCUT2D eigenvalue weighted by atomic mass is 16.5. The molecule has 0 radical (unpaired) electrons. The molecule has 1 aromatic rings. The van der Waals surface area contributed by atoms with Gasteiger partial charge in [-0.3, -0.25) is 4.90 Å². The minimum Gasteiger partial charge on any atom is -0.373 e. The Balaban J connectivity index is 1.30. The van der Waals surface area contributed by atoms with Crippen molar-refractivity contribution < 1.29 is 9.53 Å². The molecule has 3 fully saturated rings. The lowest BCUT2D eigenvalue weighted by Crippen LogP contribution is -2.57. The van der Waals surface area contributed by atoms with Crippen molar-refractivity contribution in [3.8, 4) is 0 Å². The van der Waals surface area contributed by atoms with Crippen molar-refractivity contribution in [1.82, 2.24) is 15.1 Å². The summed E-state index contributed by atoms with van der Waals surface area (Å²) >= 11 is 0. The van der Waals surface area contributed by atoms with Crippen molar-refractivity contribution in [2.75, 3.05) is 32.8 Å². The van der Waals surface area contributed by atoms with E-state index in [4.69, 9.17) is 4.74 Å². The number of carbonyl (C=O) groups is 1. The van der Waals surface area contributed by atoms with Crippen LogP contribution < -0.4 is 5.32 Å². The van der Waals surface area contributed by atoms with Crippen LogP contribution >= 0.6 is 0 Å². The van der Waals surface area contributed by atoms with Gasteiger partial charge < -0.3 is 15.0 Å². The molecule has 0 saturated carbocycles. The van der Waals surface area contributed by atoms with Crippen LogP contribution in [0.4, 0.5) is 4.79 Å². The van der Waals surface area contributed by atoms with Crippen LogP contribution in [0.15, 0.2) is 30.3 Å².